The summed E-state index contributed by atoms with van der Waals surface area (Å²) < 4.78 is 76.4. The normalized spacial score (nSPS) is 12.1. The monoisotopic (exact) mass is 329 g/mol. The number of amides is 1. The zero-order valence-corrected chi connectivity index (χ0v) is 11.5. The lowest BCUT2D eigenvalue weighted by Gasteiger charge is -2.22. The van der Waals surface area contributed by atoms with Crippen LogP contribution in [-0.4, -0.2) is 36.4 Å². The van der Waals surface area contributed by atoms with Gasteiger partial charge in [0.1, 0.15) is 12.3 Å². The Hall–Kier alpha value is -1.93. The van der Waals surface area contributed by atoms with Crippen LogP contribution in [0.3, 0.4) is 0 Å². The van der Waals surface area contributed by atoms with Crippen LogP contribution in [0.15, 0.2) is 24.3 Å². The van der Waals surface area contributed by atoms with E-state index in [1.54, 1.807) is 0 Å². The fourth-order valence-electron chi connectivity index (χ4n) is 1.69. The number of alkyl halides is 6. The Bertz CT molecular complexity index is 495. The molecule has 1 rings (SSSR count). The van der Waals surface area contributed by atoms with Crippen LogP contribution < -0.4 is 4.74 Å². The second kappa shape index (κ2) is 6.89. The number of benzene rings is 1. The van der Waals surface area contributed by atoms with E-state index in [0.717, 1.165) is 12.1 Å². The van der Waals surface area contributed by atoms with Crippen molar-refractivity contribution in [3.05, 3.63) is 29.8 Å². The van der Waals surface area contributed by atoms with E-state index in [1.807, 2.05) is 0 Å². The summed E-state index contributed by atoms with van der Waals surface area (Å²) in [5.41, 5.74) is 0.292. The third-order valence-electron chi connectivity index (χ3n) is 2.62. The molecule has 0 aliphatic heterocycles. The van der Waals surface area contributed by atoms with E-state index in [1.165, 1.54) is 19.1 Å². The van der Waals surface area contributed by atoms with Gasteiger partial charge in [0.15, 0.2) is 0 Å². The molecule has 0 aliphatic carbocycles. The number of halogens is 6. The smallest absolute Gasteiger partial charge is 0.406 e. The van der Waals surface area contributed by atoms with E-state index >= 15 is 0 Å². The number of carbonyl (C=O) groups is 1. The lowest BCUT2D eigenvalue weighted by molar-refractivity contribution is -0.274. The molecule has 22 heavy (non-hydrogen) atoms. The first kappa shape index (κ1) is 18.1. The molecule has 0 aliphatic rings. The molecule has 0 atom stereocenters. The summed E-state index contributed by atoms with van der Waals surface area (Å²) in [4.78, 5) is 12.4. The van der Waals surface area contributed by atoms with Crippen molar-refractivity contribution in [1.29, 1.82) is 0 Å². The molecule has 0 radical (unpaired) electrons. The molecule has 0 saturated carbocycles. The molecule has 1 aromatic rings. The third-order valence-corrected chi connectivity index (χ3v) is 2.62. The number of rotatable bonds is 5. The van der Waals surface area contributed by atoms with Crippen LogP contribution in [0.5, 0.6) is 5.75 Å². The van der Waals surface area contributed by atoms with Crippen LogP contribution in [-0.2, 0) is 11.2 Å². The van der Waals surface area contributed by atoms with Gasteiger partial charge in [0, 0.05) is 6.54 Å². The number of hydrogen-bond acceptors (Lipinski definition) is 2. The second-order valence-electron chi connectivity index (χ2n) is 4.39. The van der Waals surface area contributed by atoms with Crippen molar-refractivity contribution in [1.82, 2.24) is 4.90 Å². The topological polar surface area (TPSA) is 29.5 Å². The minimum atomic E-state index is -4.83. The van der Waals surface area contributed by atoms with E-state index in [9.17, 15) is 31.1 Å². The van der Waals surface area contributed by atoms with Crippen molar-refractivity contribution < 1.29 is 35.9 Å². The zero-order chi connectivity index (χ0) is 17.0. The Morgan fingerprint density at radius 2 is 1.64 bits per heavy atom. The van der Waals surface area contributed by atoms with Crippen LogP contribution in [0.1, 0.15) is 12.5 Å². The maximum Gasteiger partial charge on any atom is 0.573 e. The molecule has 0 aromatic heterocycles. The lowest BCUT2D eigenvalue weighted by atomic mass is 10.1. The van der Waals surface area contributed by atoms with Gasteiger partial charge in [0.2, 0.25) is 5.91 Å². The summed E-state index contributed by atoms with van der Waals surface area (Å²) >= 11 is 0. The van der Waals surface area contributed by atoms with Crippen LogP contribution in [0.2, 0.25) is 0 Å². The molecule has 3 nitrogen and oxygen atoms in total. The Balaban J connectivity index is 2.68. The van der Waals surface area contributed by atoms with Gasteiger partial charge >= 0.3 is 12.5 Å². The van der Waals surface area contributed by atoms with E-state index in [4.69, 9.17) is 0 Å². The van der Waals surface area contributed by atoms with Crippen molar-refractivity contribution >= 4 is 5.91 Å². The number of hydrogen-bond donors (Lipinski definition) is 0. The highest BCUT2D eigenvalue weighted by Gasteiger charge is 2.32. The largest absolute Gasteiger partial charge is 0.573 e. The highest BCUT2D eigenvalue weighted by atomic mass is 19.4. The molecule has 1 amide bonds. The minimum Gasteiger partial charge on any atom is -0.406 e. The van der Waals surface area contributed by atoms with E-state index in [-0.39, 0.29) is 13.0 Å². The molecule has 0 fully saturated rings. The molecule has 1 aromatic carbocycles. The maximum atomic E-state index is 12.3. The molecule has 0 spiro atoms. The van der Waals surface area contributed by atoms with Gasteiger partial charge in [0.25, 0.3) is 0 Å². The highest BCUT2D eigenvalue weighted by molar-refractivity contribution is 5.78. The molecule has 0 unspecified atom stereocenters. The molecular weight excluding hydrogens is 316 g/mol. The first-order valence-corrected chi connectivity index (χ1v) is 6.19. The SMILES string of the molecule is CCN(CC(F)(F)F)C(=O)Cc1ccc(OC(F)(F)F)cc1. The van der Waals surface area contributed by atoms with Crippen molar-refractivity contribution in [2.45, 2.75) is 25.9 Å². The highest BCUT2D eigenvalue weighted by Crippen LogP contribution is 2.23. The van der Waals surface area contributed by atoms with Crippen molar-refractivity contribution in [2.75, 3.05) is 13.1 Å². The molecule has 0 bridgehead atoms. The standard InChI is InChI=1S/C13H13F6NO2/c1-2-20(8-12(14,15)16)11(21)7-9-3-5-10(6-4-9)22-13(17,18)19/h3-6H,2,7-8H2,1H3. The number of nitrogens with zero attached hydrogens (tertiary/aromatic N) is 1. The van der Waals surface area contributed by atoms with Crippen LogP contribution in [0.25, 0.3) is 0 Å². The molecule has 0 N–H and O–H groups in total. The van der Waals surface area contributed by atoms with E-state index < -0.39 is 30.7 Å². The quantitative estimate of drug-likeness (QED) is 0.774. The maximum absolute atomic E-state index is 12.3. The first-order valence-electron chi connectivity index (χ1n) is 6.19. The van der Waals surface area contributed by atoms with Gasteiger partial charge in [0.05, 0.1) is 6.42 Å². The van der Waals surface area contributed by atoms with Crippen LogP contribution in [0, 0.1) is 0 Å². The fraction of sp³-hybridized carbons (Fsp3) is 0.462. The first-order chi connectivity index (χ1) is 10.00. The summed E-state index contributed by atoms with van der Waals surface area (Å²) in [6, 6.07) is 4.38. The molecule has 9 heteroatoms. The molecule has 0 heterocycles. The summed E-state index contributed by atoms with van der Waals surface area (Å²) in [6.45, 7) is -0.0743. The van der Waals surface area contributed by atoms with Gasteiger partial charge in [-0.3, -0.25) is 4.79 Å². The van der Waals surface area contributed by atoms with Crippen molar-refractivity contribution in [3.63, 3.8) is 0 Å². The Morgan fingerprint density at radius 1 is 1.09 bits per heavy atom. The second-order valence-corrected chi connectivity index (χ2v) is 4.39. The van der Waals surface area contributed by atoms with Crippen molar-refractivity contribution in [2.24, 2.45) is 0 Å². The van der Waals surface area contributed by atoms with E-state index in [0.29, 0.717) is 10.5 Å². The Kier molecular flexibility index (Phi) is 5.67. The predicted octanol–water partition coefficient (Wildman–Crippen LogP) is 3.54. The van der Waals surface area contributed by atoms with E-state index in [2.05, 4.69) is 4.74 Å². The fourth-order valence-corrected chi connectivity index (χ4v) is 1.69. The van der Waals surface area contributed by atoms with Crippen molar-refractivity contribution in [3.8, 4) is 5.75 Å². The molecule has 0 saturated heterocycles. The summed E-state index contributed by atoms with van der Waals surface area (Å²) in [5, 5.41) is 0. The Morgan fingerprint density at radius 3 is 2.05 bits per heavy atom. The van der Waals surface area contributed by atoms with Gasteiger partial charge in [-0.2, -0.15) is 13.2 Å². The van der Waals surface area contributed by atoms with Gasteiger partial charge in [-0.1, -0.05) is 12.1 Å². The van der Waals surface area contributed by atoms with Gasteiger partial charge in [-0.05, 0) is 24.6 Å². The summed E-state index contributed by atoms with van der Waals surface area (Å²) in [7, 11) is 0. The number of likely N-dealkylation sites (N-methyl/N-ethyl adjacent to an activating group) is 1. The Labute approximate surface area is 122 Å². The predicted molar refractivity (Wildman–Crippen MR) is 65.1 cm³/mol. The van der Waals surface area contributed by atoms with Gasteiger partial charge in [-0.15, -0.1) is 13.2 Å². The average Bonchev–Trinajstić information content (AvgIpc) is 2.35. The zero-order valence-electron chi connectivity index (χ0n) is 11.5. The van der Waals surface area contributed by atoms with Gasteiger partial charge < -0.3 is 9.64 Å². The summed E-state index contributed by atoms with van der Waals surface area (Å²) in [5.74, 6) is -1.23. The van der Waals surface area contributed by atoms with Crippen LogP contribution >= 0.6 is 0 Å². The molecule has 124 valence electrons. The average molecular weight is 329 g/mol. The molecular formula is C13H13F6NO2. The van der Waals surface area contributed by atoms with Crippen LogP contribution in [0.4, 0.5) is 26.3 Å². The third kappa shape index (κ3) is 6.68. The number of ether oxygens (including phenoxy) is 1. The summed E-state index contributed by atoms with van der Waals surface area (Å²) in [6.07, 6.45) is -9.67. The number of carbonyl (C=O) groups excluding carboxylic acids is 1. The lowest BCUT2D eigenvalue weighted by Crippen LogP contribution is -2.39. The minimum absolute atomic E-state index is 0.117. The van der Waals surface area contributed by atoms with Gasteiger partial charge in [-0.25, -0.2) is 0 Å².